The summed E-state index contributed by atoms with van der Waals surface area (Å²) in [5, 5.41) is 0. The Balaban J connectivity index is 2.11. The van der Waals surface area contributed by atoms with Crippen LogP contribution in [-0.4, -0.2) is 28.9 Å². The minimum atomic E-state index is -0.229. The highest BCUT2D eigenvalue weighted by atomic mass is 16.2. The van der Waals surface area contributed by atoms with E-state index in [0.29, 0.717) is 11.7 Å². The summed E-state index contributed by atoms with van der Waals surface area (Å²) in [5.41, 5.74) is 0.151. The van der Waals surface area contributed by atoms with Gasteiger partial charge in [-0.05, 0) is 18.9 Å². The van der Waals surface area contributed by atoms with E-state index in [1.54, 1.807) is 17.0 Å². The van der Waals surface area contributed by atoms with Crippen LogP contribution in [0.4, 0.5) is 0 Å². The Hall–Kier alpha value is -1.58. The monoisotopic (exact) mass is 234 g/mol. The molecule has 0 unspecified atom stereocenters. The van der Waals surface area contributed by atoms with Gasteiger partial charge in [0.15, 0.2) is 0 Å². The van der Waals surface area contributed by atoms with E-state index in [9.17, 15) is 9.59 Å². The standard InChI is InChI=1S/C13H18N2O2/c1-15(10-6-3-2-4-7-10)13(17)11-8-5-9-12(16)14-11/h5,8-10H,2-4,6-7H2,1H3,(H,14,16). The summed E-state index contributed by atoms with van der Waals surface area (Å²) in [5.74, 6) is -0.0883. The molecule has 92 valence electrons. The smallest absolute Gasteiger partial charge is 0.270 e. The zero-order chi connectivity index (χ0) is 12.3. The van der Waals surface area contributed by atoms with Crippen LogP contribution in [0.3, 0.4) is 0 Å². The van der Waals surface area contributed by atoms with Crippen LogP contribution in [0.1, 0.15) is 42.6 Å². The van der Waals surface area contributed by atoms with Crippen LogP contribution in [0.5, 0.6) is 0 Å². The van der Waals surface area contributed by atoms with Crippen molar-refractivity contribution in [1.29, 1.82) is 0 Å². The molecule has 4 nitrogen and oxygen atoms in total. The lowest BCUT2D eigenvalue weighted by Gasteiger charge is -2.31. The summed E-state index contributed by atoms with van der Waals surface area (Å²) in [7, 11) is 1.82. The fourth-order valence-corrected chi connectivity index (χ4v) is 2.40. The number of amides is 1. The number of pyridine rings is 1. The molecule has 0 aliphatic heterocycles. The van der Waals surface area contributed by atoms with Crippen LogP contribution >= 0.6 is 0 Å². The SMILES string of the molecule is CN(C(=O)c1cccc(=O)[nH]1)C1CCCCC1. The van der Waals surface area contributed by atoms with Crippen molar-refractivity contribution in [2.75, 3.05) is 7.05 Å². The van der Waals surface area contributed by atoms with Crippen molar-refractivity contribution >= 4 is 5.91 Å². The van der Waals surface area contributed by atoms with Gasteiger partial charge in [-0.25, -0.2) is 0 Å². The minimum Gasteiger partial charge on any atom is -0.337 e. The molecule has 0 saturated heterocycles. The molecule has 1 saturated carbocycles. The maximum absolute atomic E-state index is 12.2. The first-order valence-corrected chi connectivity index (χ1v) is 6.15. The van der Waals surface area contributed by atoms with Crippen LogP contribution in [-0.2, 0) is 0 Å². The molecule has 0 spiro atoms. The van der Waals surface area contributed by atoms with Crippen LogP contribution in [0, 0.1) is 0 Å². The lowest BCUT2D eigenvalue weighted by Crippen LogP contribution is -2.39. The molecule has 1 heterocycles. The lowest BCUT2D eigenvalue weighted by molar-refractivity contribution is 0.0690. The summed E-state index contributed by atoms with van der Waals surface area (Å²) >= 11 is 0. The fraction of sp³-hybridized carbons (Fsp3) is 0.538. The third-order valence-corrected chi connectivity index (χ3v) is 3.44. The van der Waals surface area contributed by atoms with Gasteiger partial charge in [-0.2, -0.15) is 0 Å². The molecule has 0 radical (unpaired) electrons. The molecule has 0 aromatic carbocycles. The molecular formula is C13H18N2O2. The second-order valence-electron chi connectivity index (χ2n) is 4.64. The van der Waals surface area contributed by atoms with Crippen LogP contribution < -0.4 is 5.56 Å². The molecule has 17 heavy (non-hydrogen) atoms. The molecule has 1 aromatic rings. The molecule has 4 heteroatoms. The van der Waals surface area contributed by atoms with Crippen molar-refractivity contribution in [3.8, 4) is 0 Å². The normalized spacial score (nSPS) is 16.8. The number of aromatic nitrogens is 1. The highest BCUT2D eigenvalue weighted by Crippen LogP contribution is 2.22. The summed E-state index contributed by atoms with van der Waals surface area (Å²) in [6.45, 7) is 0. The highest BCUT2D eigenvalue weighted by molar-refractivity contribution is 5.92. The first-order valence-electron chi connectivity index (χ1n) is 6.15. The number of hydrogen-bond acceptors (Lipinski definition) is 2. The van der Waals surface area contributed by atoms with Gasteiger partial charge >= 0.3 is 0 Å². The fourth-order valence-electron chi connectivity index (χ4n) is 2.40. The summed E-state index contributed by atoms with van der Waals surface area (Å²) in [6.07, 6.45) is 5.78. The molecule has 1 aromatic heterocycles. The van der Waals surface area contributed by atoms with Crippen LogP contribution in [0.15, 0.2) is 23.0 Å². The van der Waals surface area contributed by atoms with Crippen molar-refractivity contribution in [2.24, 2.45) is 0 Å². The van der Waals surface area contributed by atoms with Gasteiger partial charge in [0.1, 0.15) is 5.69 Å². The molecule has 1 N–H and O–H groups in total. The first kappa shape index (κ1) is 11.9. The Morgan fingerprint density at radius 1 is 1.29 bits per heavy atom. The highest BCUT2D eigenvalue weighted by Gasteiger charge is 2.23. The van der Waals surface area contributed by atoms with E-state index in [1.807, 2.05) is 7.05 Å². The molecule has 0 bridgehead atoms. The Morgan fingerprint density at radius 2 is 2.00 bits per heavy atom. The average Bonchev–Trinajstić information content (AvgIpc) is 2.38. The molecule has 1 aliphatic rings. The quantitative estimate of drug-likeness (QED) is 0.848. The lowest BCUT2D eigenvalue weighted by atomic mass is 9.94. The minimum absolute atomic E-state index is 0.0883. The third-order valence-electron chi connectivity index (χ3n) is 3.44. The van der Waals surface area contributed by atoms with Gasteiger partial charge in [0, 0.05) is 19.2 Å². The maximum atomic E-state index is 12.2. The first-order chi connectivity index (χ1) is 8.18. The van der Waals surface area contributed by atoms with E-state index in [-0.39, 0.29) is 11.5 Å². The van der Waals surface area contributed by atoms with E-state index in [0.717, 1.165) is 12.8 Å². The Kier molecular flexibility index (Phi) is 3.61. The molecule has 1 aliphatic carbocycles. The van der Waals surface area contributed by atoms with E-state index < -0.39 is 0 Å². The Bertz CT molecular complexity index is 447. The Morgan fingerprint density at radius 3 is 2.65 bits per heavy atom. The van der Waals surface area contributed by atoms with Crippen molar-refractivity contribution in [3.05, 3.63) is 34.2 Å². The second kappa shape index (κ2) is 5.17. The number of aromatic amines is 1. The average molecular weight is 234 g/mol. The number of carbonyl (C=O) groups excluding carboxylic acids is 1. The van der Waals surface area contributed by atoms with Crippen molar-refractivity contribution in [2.45, 2.75) is 38.1 Å². The number of H-pyrrole nitrogens is 1. The van der Waals surface area contributed by atoms with Gasteiger partial charge in [-0.1, -0.05) is 25.3 Å². The summed E-state index contributed by atoms with van der Waals surface area (Å²) < 4.78 is 0. The van der Waals surface area contributed by atoms with Gasteiger partial charge in [-0.3, -0.25) is 9.59 Å². The Labute approximate surface area is 101 Å². The molecular weight excluding hydrogens is 216 g/mol. The number of rotatable bonds is 2. The zero-order valence-corrected chi connectivity index (χ0v) is 10.1. The molecule has 1 fully saturated rings. The van der Waals surface area contributed by atoms with E-state index in [2.05, 4.69) is 4.98 Å². The summed E-state index contributed by atoms with van der Waals surface area (Å²) in [6, 6.07) is 5.00. The van der Waals surface area contributed by atoms with E-state index in [1.165, 1.54) is 25.3 Å². The van der Waals surface area contributed by atoms with E-state index in [4.69, 9.17) is 0 Å². The summed E-state index contributed by atoms with van der Waals surface area (Å²) in [4.78, 5) is 27.7. The van der Waals surface area contributed by atoms with Gasteiger partial charge in [0.2, 0.25) is 5.56 Å². The molecule has 2 rings (SSSR count). The van der Waals surface area contributed by atoms with Crippen molar-refractivity contribution < 1.29 is 4.79 Å². The van der Waals surface area contributed by atoms with Gasteiger partial charge < -0.3 is 9.88 Å². The van der Waals surface area contributed by atoms with Crippen LogP contribution in [0.2, 0.25) is 0 Å². The van der Waals surface area contributed by atoms with Gasteiger partial charge in [-0.15, -0.1) is 0 Å². The zero-order valence-electron chi connectivity index (χ0n) is 10.1. The molecule has 1 amide bonds. The number of nitrogens with one attached hydrogen (secondary N) is 1. The predicted octanol–water partition coefficient (Wildman–Crippen LogP) is 1.78. The molecule has 0 atom stereocenters. The number of hydrogen-bond donors (Lipinski definition) is 1. The van der Waals surface area contributed by atoms with Gasteiger partial charge in [0.05, 0.1) is 0 Å². The second-order valence-corrected chi connectivity index (χ2v) is 4.64. The third kappa shape index (κ3) is 2.75. The van der Waals surface area contributed by atoms with Crippen LogP contribution in [0.25, 0.3) is 0 Å². The van der Waals surface area contributed by atoms with Crippen molar-refractivity contribution in [3.63, 3.8) is 0 Å². The predicted molar refractivity (Wildman–Crippen MR) is 66.0 cm³/mol. The van der Waals surface area contributed by atoms with Crippen molar-refractivity contribution in [1.82, 2.24) is 9.88 Å². The largest absolute Gasteiger partial charge is 0.337 e. The topological polar surface area (TPSA) is 53.2 Å². The van der Waals surface area contributed by atoms with E-state index >= 15 is 0 Å². The van der Waals surface area contributed by atoms with Gasteiger partial charge in [0.25, 0.3) is 5.91 Å². The number of carbonyl (C=O) groups is 1. The maximum Gasteiger partial charge on any atom is 0.270 e. The number of nitrogens with zero attached hydrogens (tertiary/aromatic N) is 1.